The first-order chi connectivity index (χ1) is 8.51. The number of nitrogens with one attached hydrogen (secondary N) is 1. The van der Waals surface area contributed by atoms with E-state index in [4.69, 9.17) is 17.3 Å². The molecular formula is C13H20ClN3O. The van der Waals surface area contributed by atoms with Gasteiger partial charge in [-0.05, 0) is 36.9 Å². The van der Waals surface area contributed by atoms with Crippen LogP contribution in [0.1, 0.15) is 26.7 Å². The number of pyridine rings is 1. The number of hydrogen-bond donors (Lipinski definition) is 2. The highest BCUT2D eigenvalue weighted by atomic mass is 35.5. The van der Waals surface area contributed by atoms with Gasteiger partial charge in [-0.3, -0.25) is 4.79 Å². The summed E-state index contributed by atoms with van der Waals surface area (Å²) in [6.45, 7) is 4.77. The van der Waals surface area contributed by atoms with E-state index in [1.807, 2.05) is 0 Å². The van der Waals surface area contributed by atoms with E-state index in [-0.39, 0.29) is 11.8 Å². The van der Waals surface area contributed by atoms with Crippen molar-refractivity contribution in [3.63, 3.8) is 0 Å². The van der Waals surface area contributed by atoms with Gasteiger partial charge in [-0.1, -0.05) is 31.5 Å². The van der Waals surface area contributed by atoms with Crippen LogP contribution in [0.25, 0.3) is 0 Å². The van der Waals surface area contributed by atoms with Gasteiger partial charge in [0.2, 0.25) is 5.91 Å². The summed E-state index contributed by atoms with van der Waals surface area (Å²) in [5, 5.41) is 3.10. The van der Waals surface area contributed by atoms with Gasteiger partial charge in [0, 0.05) is 6.42 Å². The van der Waals surface area contributed by atoms with E-state index < -0.39 is 0 Å². The fraction of sp³-hybridized carbons (Fsp3) is 0.538. The van der Waals surface area contributed by atoms with E-state index in [0.29, 0.717) is 29.9 Å². The normalized spacial score (nSPS) is 12.5. The van der Waals surface area contributed by atoms with Crippen molar-refractivity contribution in [3.05, 3.63) is 23.4 Å². The van der Waals surface area contributed by atoms with Crippen LogP contribution in [0.2, 0.25) is 5.15 Å². The number of carbonyl (C=O) groups is 1. The van der Waals surface area contributed by atoms with Crippen LogP contribution in [0.5, 0.6) is 0 Å². The van der Waals surface area contributed by atoms with Gasteiger partial charge >= 0.3 is 0 Å². The van der Waals surface area contributed by atoms with Gasteiger partial charge in [-0.2, -0.15) is 0 Å². The maximum absolute atomic E-state index is 11.8. The molecule has 0 aliphatic carbocycles. The van der Waals surface area contributed by atoms with Crippen LogP contribution in [-0.2, 0) is 4.79 Å². The lowest BCUT2D eigenvalue weighted by atomic mass is 9.94. The Morgan fingerprint density at radius 1 is 1.50 bits per heavy atom. The highest BCUT2D eigenvalue weighted by Gasteiger charge is 2.14. The van der Waals surface area contributed by atoms with Gasteiger partial charge in [0.25, 0.3) is 0 Å². The topological polar surface area (TPSA) is 68.0 Å². The zero-order valence-electron chi connectivity index (χ0n) is 10.8. The lowest BCUT2D eigenvalue weighted by Gasteiger charge is -2.16. The average Bonchev–Trinajstić information content (AvgIpc) is 2.27. The molecule has 100 valence electrons. The summed E-state index contributed by atoms with van der Waals surface area (Å²) in [4.78, 5) is 15.8. The molecule has 1 atom stereocenters. The fourth-order valence-corrected chi connectivity index (χ4v) is 2.03. The minimum Gasteiger partial charge on any atom is -0.330 e. The van der Waals surface area contributed by atoms with E-state index in [1.54, 1.807) is 18.2 Å². The Morgan fingerprint density at radius 2 is 2.22 bits per heavy atom. The lowest BCUT2D eigenvalue weighted by molar-refractivity contribution is -0.117. The summed E-state index contributed by atoms with van der Waals surface area (Å²) in [6, 6.07) is 5.13. The Kier molecular flexibility index (Phi) is 6.09. The zero-order valence-corrected chi connectivity index (χ0v) is 11.6. The van der Waals surface area contributed by atoms with Crippen molar-refractivity contribution < 1.29 is 4.79 Å². The van der Waals surface area contributed by atoms with Crippen molar-refractivity contribution in [1.29, 1.82) is 0 Å². The van der Waals surface area contributed by atoms with Crippen molar-refractivity contribution in [3.8, 4) is 0 Å². The van der Waals surface area contributed by atoms with Gasteiger partial charge in [-0.25, -0.2) is 4.98 Å². The standard InChI is InChI=1S/C13H20ClN3O/c1-9(2)6-10(8-15)7-13(18)17-12-5-3-4-11(14)16-12/h3-5,9-10H,6-8,15H2,1-2H3,(H,16,17,18). The van der Waals surface area contributed by atoms with E-state index in [1.165, 1.54) is 0 Å². The molecule has 0 spiro atoms. The molecule has 0 aromatic carbocycles. The Hall–Kier alpha value is -1.13. The molecule has 18 heavy (non-hydrogen) atoms. The van der Waals surface area contributed by atoms with Gasteiger partial charge in [0.15, 0.2) is 0 Å². The first-order valence-corrected chi connectivity index (χ1v) is 6.51. The molecule has 0 aliphatic heterocycles. The van der Waals surface area contributed by atoms with E-state index in [9.17, 15) is 4.79 Å². The molecule has 1 unspecified atom stereocenters. The van der Waals surface area contributed by atoms with E-state index >= 15 is 0 Å². The second-order valence-electron chi connectivity index (χ2n) is 4.83. The molecule has 5 heteroatoms. The van der Waals surface area contributed by atoms with Gasteiger partial charge in [0.1, 0.15) is 11.0 Å². The third-order valence-electron chi connectivity index (χ3n) is 2.59. The van der Waals surface area contributed by atoms with E-state index in [2.05, 4.69) is 24.1 Å². The van der Waals surface area contributed by atoms with Crippen LogP contribution in [0.4, 0.5) is 5.82 Å². The summed E-state index contributed by atoms with van der Waals surface area (Å²) in [6.07, 6.45) is 1.37. The third kappa shape index (κ3) is 5.47. The second-order valence-corrected chi connectivity index (χ2v) is 5.22. The maximum atomic E-state index is 11.8. The molecule has 0 saturated heterocycles. The van der Waals surface area contributed by atoms with Crippen LogP contribution in [0, 0.1) is 11.8 Å². The number of amides is 1. The average molecular weight is 270 g/mol. The number of carbonyl (C=O) groups excluding carboxylic acids is 1. The molecule has 1 heterocycles. The van der Waals surface area contributed by atoms with Gasteiger partial charge < -0.3 is 11.1 Å². The molecule has 1 aromatic heterocycles. The van der Waals surface area contributed by atoms with E-state index in [0.717, 1.165) is 6.42 Å². The van der Waals surface area contributed by atoms with Crippen LogP contribution in [-0.4, -0.2) is 17.4 Å². The molecular weight excluding hydrogens is 250 g/mol. The monoisotopic (exact) mass is 269 g/mol. The SMILES string of the molecule is CC(C)CC(CN)CC(=O)Nc1cccc(Cl)n1. The molecule has 1 aromatic rings. The summed E-state index contributed by atoms with van der Waals surface area (Å²) >= 11 is 5.75. The highest BCUT2D eigenvalue weighted by Crippen LogP contribution is 2.16. The molecule has 0 aliphatic rings. The molecule has 1 rings (SSSR count). The second kappa shape index (κ2) is 7.34. The first-order valence-electron chi connectivity index (χ1n) is 6.13. The molecule has 0 saturated carbocycles. The van der Waals surface area contributed by atoms with Crippen LogP contribution >= 0.6 is 11.6 Å². The number of nitrogens with zero attached hydrogens (tertiary/aromatic N) is 1. The minimum absolute atomic E-state index is 0.0686. The summed E-state index contributed by atoms with van der Waals surface area (Å²) in [7, 11) is 0. The van der Waals surface area contributed by atoms with Crippen molar-refractivity contribution in [1.82, 2.24) is 4.98 Å². The Balaban J connectivity index is 2.50. The summed E-state index contributed by atoms with van der Waals surface area (Å²) in [5.41, 5.74) is 5.67. The Bertz CT molecular complexity index is 396. The predicted octanol–water partition coefficient (Wildman–Crippen LogP) is 2.68. The third-order valence-corrected chi connectivity index (χ3v) is 2.81. The minimum atomic E-state index is -0.0686. The maximum Gasteiger partial charge on any atom is 0.225 e. The number of aromatic nitrogens is 1. The molecule has 0 radical (unpaired) electrons. The first kappa shape index (κ1) is 14.9. The van der Waals surface area contributed by atoms with Crippen molar-refractivity contribution >= 4 is 23.3 Å². The Labute approximate surface area is 113 Å². The quantitative estimate of drug-likeness (QED) is 0.780. The largest absolute Gasteiger partial charge is 0.330 e. The number of anilines is 1. The van der Waals surface area contributed by atoms with Gasteiger partial charge in [0.05, 0.1) is 0 Å². The zero-order chi connectivity index (χ0) is 13.5. The number of nitrogens with two attached hydrogens (primary N) is 1. The molecule has 0 bridgehead atoms. The van der Waals surface area contributed by atoms with Crippen molar-refractivity contribution in [2.75, 3.05) is 11.9 Å². The number of halogens is 1. The molecule has 1 amide bonds. The number of rotatable bonds is 6. The molecule has 4 nitrogen and oxygen atoms in total. The summed E-state index contributed by atoms with van der Waals surface area (Å²) in [5.74, 6) is 1.16. The van der Waals surface area contributed by atoms with Crippen LogP contribution in [0.3, 0.4) is 0 Å². The summed E-state index contributed by atoms with van der Waals surface area (Å²) < 4.78 is 0. The number of hydrogen-bond acceptors (Lipinski definition) is 3. The smallest absolute Gasteiger partial charge is 0.225 e. The Morgan fingerprint density at radius 3 is 2.78 bits per heavy atom. The fourth-order valence-electron chi connectivity index (χ4n) is 1.86. The van der Waals surface area contributed by atoms with Crippen molar-refractivity contribution in [2.24, 2.45) is 17.6 Å². The predicted molar refractivity (Wildman–Crippen MR) is 74.5 cm³/mol. The molecule has 3 N–H and O–H groups in total. The van der Waals surface area contributed by atoms with Crippen LogP contribution in [0.15, 0.2) is 18.2 Å². The highest BCUT2D eigenvalue weighted by molar-refractivity contribution is 6.29. The molecule has 0 fully saturated rings. The lowest BCUT2D eigenvalue weighted by Crippen LogP contribution is -2.23. The van der Waals surface area contributed by atoms with Crippen LogP contribution < -0.4 is 11.1 Å². The van der Waals surface area contributed by atoms with Gasteiger partial charge in [-0.15, -0.1) is 0 Å². The van der Waals surface area contributed by atoms with Crippen molar-refractivity contribution in [2.45, 2.75) is 26.7 Å².